The molecule has 1 N–H and O–H groups in total. The lowest BCUT2D eigenvalue weighted by molar-refractivity contribution is 0.219. The number of hydrogen-bond acceptors (Lipinski definition) is 1. The van der Waals surface area contributed by atoms with Gasteiger partial charge in [0.05, 0.1) is 0 Å². The molecule has 0 aromatic heterocycles. The summed E-state index contributed by atoms with van der Waals surface area (Å²) in [5.41, 5.74) is 2.95. The third kappa shape index (κ3) is 3.85. The number of aliphatic hydroxyl groups excluding tert-OH is 1. The summed E-state index contributed by atoms with van der Waals surface area (Å²) >= 11 is 9.46. The minimum atomic E-state index is -0.670. The summed E-state index contributed by atoms with van der Waals surface area (Å²) in [5.74, 6) is 0.632. The quantitative estimate of drug-likeness (QED) is 0.782. The van der Waals surface area contributed by atoms with E-state index >= 15 is 0 Å². The molecule has 0 spiro atoms. The molecule has 0 radical (unpaired) electrons. The van der Waals surface area contributed by atoms with E-state index < -0.39 is 6.10 Å². The zero-order valence-corrected chi connectivity index (χ0v) is 13.9. The maximum Gasteiger partial charge on any atom is 0.105 e. The second-order valence-corrected chi connectivity index (χ2v) is 6.70. The zero-order chi connectivity index (χ0) is 14.7. The van der Waals surface area contributed by atoms with Crippen LogP contribution in [0.5, 0.6) is 0 Å². The van der Waals surface area contributed by atoms with Crippen molar-refractivity contribution in [2.24, 2.45) is 5.92 Å². The Hall–Kier alpha value is -0.830. The summed E-state index contributed by atoms with van der Waals surface area (Å²) in [7, 11) is 0. The highest BCUT2D eigenvalue weighted by Crippen LogP contribution is 2.31. The lowest BCUT2D eigenvalue weighted by atomic mass is 9.97. The fraction of sp³-hybridized carbons (Fsp3) is 0.294. The second kappa shape index (κ2) is 6.75. The summed E-state index contributed by atoms with van der Waals surface area (Å²) in [6.45, 7) is 4.40. The Morgan fingerprint density at radius 3 is 2.35 bits per heavy atom. The van der Waals surface area contributed by atoms with E-state index in [2.05, 4.69) is 41.9 Å². The number of benzene rings is 2. The second-order valence-electron chi connectivity index (χ2n) is 5.41. The van der Waals surface area contributed by atoms with E-state index in [0.29, 0.717) is 10.9 Å². The average molecular weight is 354 g/mol. The van der Waals surface area contributed by atoms with Gasteiger partial charge in [0.15, 0.2) is 0 Å². The number of rotatable bonds is 4. The molecule has 3 heteroatoms. The monoisotopic (exact) mass is 352 g/mol. The van der Waals surface area contributed by atoms with Crippen LogP contribution in [0.4, 0.5) is 0 Å². The highest BCUT2D eigenvalue weighted by Gasteiger charge is 2.14. The van der Waals surface area contributed by atoms with Gasteiger partial charge in [-0.05, 0) is 41.7 Å². The van der Waals surface area contributed by atoms with Crippen LogP contribution in [0.2, 0.25) is 5.02 Å². The fourth-order valence-corrected chi connectivity index (χ4v) is 2.86. The van der Waals surface area contributed by atoms with E-state index in [4.69, 9.17) is 11.6 Å². The normalized spacial score (nSPS) is 12.7. The van der Waals surface area contributed by atoms with Crippen LogP contribution in [0, 0.1) is 5.92 Å². The maximum absolute atomic E-state index is 10.5. The van der Waals surface area contributed by atoms with E-state index in [1.807, 2.05) is 18.2 Å². The smallest absolute Gasteiger partial charge is 0.105 e. The molecule has 2 aromatic carbocycles. The molecule has 0 fully saturated rings. The minimum Gasteiger partial charge on any atom is -0.384 e. The first-order valence-electron chi connectivity index (χ1n) is 6.69. The van der Waals surface area contributed by atoms with Crippen LogP contribution in [-0.4, -0.2) is 5.11 Å². The summed E-state index contributed by atoms with van der Waals surface area (Å²) in [5, 5.41) is 11.1. The van der Waals surface area contributed by atoms with Crippen LogP contribution in [0.3, 0.4) is 0 Å². The van der Waals surface area contributed by atoms with Crippen molar-refractivity contribution >= 4 is 27.5 Å². The van der Waals surface area contributed by atoms with Crippen LogP contribution >= 0.6 is 27.5 Å². The van der Waals surface area contributed by atoms with Crippen LogP contribution in [0.1, 0.15) is 36.6 Å². The summed E-state index contributed by atoms with van der Waals surface area (Å²) < 4.78 is 0.862. The Balaban J connectivity index is 2.24. The van der Waals surface area contributed by atoms with Crippen molar-refractivity contribution in [2.75, 3.05) is 0 Å². The number of aliphatic hydroxyl groups is 1. The molecule has 0 saturated carbocycles. The Kier molecular flexibility index (Phi) is 5.25. The first-order valence-corrected chi connectivity index (χ1v) is 7.86. The van der Waals surface area contributed by atoms with Crippen LogP contribution in [0.25, 0.3) is 0 Å². The van der Waals surface area contributed by atoms with Gasteiger partial charge in [-0.3, -0.25) is 0 Å². The maximum atomic E-state index is 10.5. The van der Waals surface area contributed by atoms with Crippen molar-refractivity contribution in [1.82, 2.24) is 0 Å². The predicted molar refractivity (Wildman–Crippen MR) is 88.2 cm³/mol. The van der Waals surface area contributed by atoms with Crippen LogP contribution in [-0.2, 0) is 6.42 Å². The third-order valence-corrected chi connectivity index (χ3v) is 4.15. The molecule has 106 valence electrons. The molecule has 0 heterocycles. The van der Waals surface area contributed by atoms with E-state index in [9.17, 15) is 5.11 Å². The van der Waals surface area contributed by atoms with Gasteiger partial charge in [0, 0.05) is 15.1 Å². The molecule has 1 atom stereocenters. The Labute approximate surface area is 133 Å². The largest absolute Gasteiger partial charge is 0.384 e. The lowest BCUT2D eigenvalue weighted by Gasteiger charge is -2.14. The van der Waals surface area contributed by atoms with Gasteiger partial charge in [-0.2, -0.15) is 0 Å². The number of hydrogen-bond donors (Lipinski definition) is 1. The van der Waals surface area contributed by atoms with Gasteiger partial charge in [-0.25, -0.2) is 0 Å². The van der Waals surface area contributed by atoms with Gasteiger partial charge < -0.3 is 5.11 Å². The molecule has 0 amide bonds. The van der Waals surface area contributed by atoms with Crippen molar-refractivity contribution < 1.29 is 5.11 Å². The van der Waals surface area contributed by atoms with Gasteiger partial charge in [-0.1, -0.05) is 65.6 Å². The average Bonchev–Trinajstić information content (AvgIpc) is 2.41. The van der Waals surface area contributed by atoms with E-state index in [1.165, 1.54) is 5.56 Å². The SMILES string of the molecule is CC(C)Cc1ccc(C(O)c2cc(Cl)ccc2Br)cc1. The Bertz CT molecular complexity index is 578. The van der Waals surface area contributed by atoms with Crippen molar-refractivity contribution in [3.8, 4) is 0 Å². The van der Waals surface area contributed by atoms with Gasteiger partial charge in [0.25, 0.3) is 0 Å². The van der Waals surface area contributed by atoms with Crippen molar-refractivity contribution in [3.63, 3.8) is 0 Å². The summed E-state index contributed by atoms with van der Waals surface area (Å²) in [4.78, 5) is 0. The zero-order valence-electron chi connectivity index (χ0n) is 11.6. The van der Waals surface area contributed by atoms with Crippen molar-refractivity contribution in [2.45, 2.75) is 26.4 Å². The standard InChI is InChI=1S/C17H18BrClO/c1-11(2)9-12-3-5-13(6-4-12)17(20)15-10-14(19)7-8-16(15)18/h3-8,10-11,17,20H,9H2,1-2H3. The molecule has 0 aliphatic rings. The highest BCUT2D eigenvalue weighted by molar-refractivity contribution is 9.10. The van der Waals surface area contributed by atoms with Crippen molar-refractivity contribution in [1.29, 1.82) is 0 Å². The molecule has 0 saturated heterocycles. The molecule has 20 heavy (non-hydrogen) atoms. The highest BCUT2D eigenvalue weighted by atomic mass is 79.9. The van der Waals surface area contributed by atoms with Crippen LogP contribution < -0.4 is 0 Å². The third-order valence-electron chi connectivity index (χ3n) is 3.19. The van der Waals surface area contributed by atoms with Gasteiger partial charge in [-0.15, -0.1) is 0 Å². The molecule has 0 aliphatic heterocycles. The minimum absolute atomic E-state index is 0.624. The summed E-state index contributed by atoms with van der Waals surface area (Å²) in [6, 6.07) is 13.6. The van der Waals surface area contributed by atoms with Gasteiger partial charge in [0.1, 0.15) is 6.10 Å². The van der Waals surface area contributed by atoms with E-state index in [0.717, 1.165) is 22.0 Å². The van der Waals surface area contributed by atoms with Gasteiger partial charge in [0.2, 0.25) is 0 Å². The topological polar surface area (TPSA) is 20.2 Å². The molecule has 2 aromatic rings. The van der Waals surface area contributed by atoms with Crippen LogP contribution in [0.15, 0.2) is 46.9 Å². The first kappa shape index (κ1) is 15.6. The molecular formula is C17H18BrClO. The molecule has 0 bridgehead atoms. The molecule has 0 aliphatic carbocycles. The number of halogens is 2. The van der Waals surface area contributed by atoms with E-state index in [-0.39, 0.29) is 0 Å². The Morgan fingerprint density at radius 2 is 1.75 bits per heavy atom. The fourth-order valence-electron chi connectivity index (χ4n) is 2.21. The first-order chi connectivity index (χ1) is 9.47. The predicted octanol–water partition coefficient (Wildman–Crippen LogP) is 5.38. The molecular weight excluding hydrogens is 336 g/mol. The molecule has 1 unspecified atom stereocenters. The van der Waals surface area contributed by atoms with E-state index in [1.54, 1.807) is 12.1 Å². The van der Waals surface area contributed by atoms with Gasteiger partial charge >= 0.3 is 0 Å². The molecule has 2 rings (SSSR count). The Morgan fingerprint density at radius 1 is 1.10 bits per heavy atom. The molecule has 1 nitrogen and oxygen atoms in total. The summed E-state index contributed by atoms with van der Waals surface area (Å²) in [6.07, 6.45) is 0.383. The van der Waals surface area contributed by atoms with Crippen molar-refractivity contribution in [3.05, 3.63) is 68.7 Å². The lowest BCUT2D eigenvalue weighted by Crippen LogP contribution is -2.01.